The Bertz CT molecular complexity index is 710. The highest BCUT2D eigenvalue weighted by atomic mass is 32.2. The predicted octanol–water partition coefficient (Wildman–Crippen LogP) is 1.86. The third-order valence-corrected chi connectivity index (χ3v) is 5.96. The van der Waals surface area contributed by atoms with Gasteiger partial charge in [0.2, 0.25) is 15.9 Å². The lowest BCUT2D eigenvalue weighted by molar-refractivity contribution is -0.126. The number of hydrogen-bond donors (Lipinski definition) is 1. The molecule has 0 spiro atoms. The Balaban J connectivity index is 1.77. The number of aryl methyl sites for hydroxylation is 2. The molecule has 0 aromatic heterocycles. The Morgan fingerprint density at radius 1 is 1.28 bits per heavy atom. The van der Waals surface area contributed by atoms with Gasteiger partial charge in [-0.3, -0.25) is 4.79 Å². The first-order chi connectivity index (χ1) is 11.7. The van der Waals surface area contributed by atoms with Crippen LogP contribution < -0.4 is 10.1 Å². The van der Waals surface area contributed by atoms with Gasteiger partial charge in [0, 0.05) is 19.0 Å². The van der Waals surface area contributed by atoms with Crippen molar-refractivity contribution in [1.29, 1.82) is 0 Å². The van der Waals surface area contributed by atoms with E-state index in [0.29, 0.717) is 32.5 Å². The fourth-order valence-electron chi connectivity index (χ4n) is 2.88. The summed E-state index contributed by atoms with van der Waals surface area (Å²) in [5, 5.41) is 2.97. The van der Waals surface area contributed by atoms with Crippen molar-refractivity contribution in [3.63, 3.8) is 0 Å². The number of ether oxygens (including phenoxy) is 1. The van der Waals surface area contributed by atoms with Crippen molar-refractivity contribution in [3.8, 4) is 5.75 Å². The third-order valence-electron chi connectivity index (χ3n) is 4.66. The second-order valence-electron chi connectivity index (χ2n) is 6.90. The summed E-state index contributed by atoms with van der Waals surface area (Å²) in [6.07, 6.45) is 2.33. The summed E-state index contributed by atoms with van der Waals surface area (Å²) < 4.78 is 30.2. The van der Waals surface area contributed by atoms with Gasteiger partial charge < -0.3 is 10.1 Å². The third kappa shape index (κ3) is 5.71. The molecule has 7 heteroatoms. The minimum atomic E-state index is -3.16. The number of hydrogen-bond acceptors (Lipinski definition) is 4. The lowest BCUT2D eigenvalue weighted by Gasteiger charge is -2.30. The fraction of sp³-hybridized carbons (Fsp3) is 0.611. The van der Waals surface area contributed by atoms with E-state index in [0.717, 1.165) is 5.75 Å². The maximum absolute atomic E-state index is 12.3. The molecule has 1 aliphatic heterocycles. The van der Waals surface area contributed by atoms with Crippen LogP contribution in [0.5, 0.6) is 5.75 Å². The van der Waals surface area contributed by atoms with Gasteiger partial charge in [0.1, 0.15) is 12.4 Å². The first kappa shape index (κ1) is 19.7. The molecule has 0 aliphatic carbocycles. The topological polar surface area (TPSA) is 75.7 Å². The summed E-state index contributed by atoms with van der Waals surface area (Å²) in [6, 6.07) is 5.83. The number of piperidine rings is 1. The van der Waals surface area contributed by atoms with Crippen LogP contribution in [0.25, 0.3) is 0 Å². The Labute approximate surface area is 150 Å². The van der Waals surface area contributed by atoms with E-state index >= 15 is 0 Å². The molecule has 140 valence electrons. The van der Waals surface area contributed by atoms with E-state index in [-0.39, 0.29) is 17.9 Å². The Hall–Kier alpha value is -1.60. The molecule has 0 saturated carbocycles. The Kier molecular flexibility index (Phi) is 6.46. The van der Waals surface area contributed by atoms with E-state index in [2.05, 4.69) is 12.2 Å². The van der Waals surface area contributed by atoms with E-state index in [4.69, 9.17) is 4.74 Å². The largest absolute Gasteiger partial charge is 0.491 e. The lowest BCUT2D eigenvalue weighted by Crippen LogP contribution is -2.45. The van der Waals surface area contributed by atoms with Gasteiger partial charge in [-0.1, -0.05) is 6.07 Å². The first-order valence-corrected chi connectivity index (χ1v) is 10.5. The molecule has 1 aromatic carbocycles. The SMILES string of the molecule is Cc1ccc(OC[C@H](C)NC(=O)C2CCN(S(C)(=O)=O)CC2)cc1C. The molecule has 1 aliphatic rings. The zero-order chi connectivity index (χ0) is 18.6. The average Bonchev–Trinajstić information content (AvgIpc) is 2.55. The van der Waals surface area contributed by atoms with Crippen LogP contribution in [0.1, 0.15) is 30.9 Å². The molecule has 25 heavy (non-hydrogen) atoms. The lowest BCUT2D eigenvalue weighted by atomic mass is 9.97. The van der Waals surface area contributed by atoms with Crippen molar-refractivity contribution in [2.24, 2.45) is 5.92 Å². The summed E-state index contributed by atoms with van der Waals surface area (Å²) in [5.74, 6) is 0.636. The fourth-order valence-corrected chi connectivity index (χ4v) is 3.75. The molecule has 1 fully saturated rings. The number of carbonyl (C=O) groups is 1. The minimum Gasteiger partial charge on any atom is -0.491 e. The molecular formula is C18H28N2O4S. The zero-order valence-corrected chi connectivity index (χ0v) is 16.2. The number of amides is 1. The minimum absolute atomic E-state index is 0.0238. The van der Waals surface area contributed by atoms with Gasteiger partial charge >= 0.3 is 0 Å². The van der Waals surface area contributed by atoms with E-state index in [1.807, 2.05) is 32.0 Å². The highest BCUT2D eigenvalue weighted by Crippen LogP contribution is 2.20. The molecule has 1 N–H and O–H groups in total. The van der Waals surface area contributed by atoms with Crippen LogP contribution in [0.3, 0.4) is 0 Å². The Morgan fingerprint density at radius 2 is 1.92 bits per heavy atom. The quantitative estimate of drug-likeness (QED) is 0.832. The van der Waals surface area contributed by atoms with Crippen LogP contribution in [0, 0.1) is 19.8 Å². The van der Waals surface area contributed by atoms with Gasteiger partial charge in [0.05, 0.1) is 12.3 Å². The standard InChI is InChI=1S/C18H28N2O4S/c1-13-5-6-17(11-14(13)2)24-12-15(3)19-18(21)16-7-9-20(10-8-16)25(4,22)23/h5-6,11,15-16H,7-10,12H2,1-4H3,(H,19,21)/t15-/m0/s1. The predicted molar refractivity (Wildman–Crippen MR) is 98.2 cm³/mol. The zero-order valence-electron chi connectivity index (χ0n) is 15.4. The molecular weight excluding hydrogens is 340 g/mol. The number of carbonyl (C=O) groups excluding carboxylic acids is 1. The average molecular weight is 368 g/mol. The van der Waals surface area contributed by atoms with Crippen LogP contribution in [0.4, 0.5) is 0 Å². The van der Waals surface area contributed by atoms with Crippen molar-refractivity contribution in [1.82, 2.24) is 9.62 Å². The van der Waals surface area contributed by atoms with Crippen LogP contribution in [-0.2, 0) is 14.8 Å². The molecule has 0 radical (unpaired) electrons. The van der Waals surface area contributed by atoms with Crippen molar-refractivity contribution in [2.45, 2.75) is 39.7 Å². The molecule has 0 bridgehead atoms. The van der Waals surface area contributed by atoms with Gasteiger partial charge in [-0.25, -0.2) is 12.7 Å². The molecule has 6 nitrogen and oxygen atoms in total. The number of rotatable bonds is 6. The summed E-state index contributed by atoms with van der Waals surface area (Å²) >= 11 is 0. The van der Waals surface area contributed by atoms with E-state index in [1.165, 1.54) is 21.7 Å². The van der Waals surface area contributed by atoms with Gasteiger partial charge in [-0.2, -0.15) is 0 Å². The van der Waals surface area contributed by atoms with Gasteiger partial charge in [-0.05, 0) is 56.9 Å². The summed E-state index contributed by atoms with van der Waals surface area (Å²) in [6.45, 7) is 7.21. The highest BCUT2D eigenvalue weighted by Gasteiger charge is 2.29. The number of nitrogens with one attached hydrogen (secondary N) is 1. The number of sulfonamides is 1. The maximum Gasteiger partial charge on any atom is 0.223 e. The maximum atomic E-state index is 12.3. The van der Waals surface area contributed by atoms with Crippen LogP contribution in [-0.4, -0.2) is 50.6 Å². The monoisotopic (exact) mass is 368 g/mol. The van der Waals surface area contributed by atoms with Crippen molar-refractivity contribution in [2.75, 3.05) is 26.0 Å². The van der Waals surface area contributed by atoms with Gasteiger partial charge in [0.25, 0.3) is 0 Å². The second-order valence-corrected chi connectivity index (χ2v) is 8.89. The molecule has 1 atom stereocenters. The number of nitrogens with zero attached hydrogens (tertiary/aromatic N) is 1. The molecule has 1 saturated heterocycles. The van der Waals surface area contributed by atoms with E-state index in [9.17, 15) is 13.2 Å². The summed E-state index contributed by atoms with van der Waals surface area (Å²) in [7, 11) is -3.16. The van der Waals surface area contributed by atoms with Gasteiger partial charge in [-0.15, -0.1) is 0 Å². The van der Waals surface area contributed by atoms with E-state index < -0.39 is 10.0 Å². The summed E-state index contributed by atoms with van der Waals surface area (Å²) in [4.78, 5) is 12.3. The van der Waals surface area contributed by atoms with Crippen molar-refractivity contribution < 1.29 is 17.9 Å². The number of benzene rings is 1. The molecule has 2 rings (SSSR count). The van der Waals surface area contributed by atoms with Gasteiger partial charge in [0.15, 0.2) is 0 Å². The van der Waals surface area contributed by atoms with E-state index in [1.54, 1.807) is 0 Å². The first-order valence-electron chi connectivity index (χ1n) is 8.62. The second kappa shape index (κ2) is 8.19. The Morgan fingerprint density at radius 3 is 2.48 bits per heavy atom. The van der Waals surface area contributed by atoms with Crippen LogP contribution in [0.2, 0.25) is 0 Å². The summed E-state index contributed by atoms with van der Waals surface area (Å²) in [5.41, 5.74) is 2.39. The molecule has 0 unspecified atom stereocenters. The van der Waals surface area contributed by atoms with Crippen LogP contribution >= 0.6 is 0 Å². The highest BCUT2D eigenvalue weighted by molar-refractivity contribution is 7.88. The molecule has 1 aromatic rings. The smallest absolute Gasteiger partial charge is 0.223 e. The normalized spacial score (nSPS) is 17.9. The van der Waals surface area contributed by atoms with Crippen LogP contribution in [0.15, 0.2) is 18.2 Å². The van der Waals surface area contributed by atoms with Crippen molar-refractivity contribution >= 4 is 15.9 Å². The molecule has 1 heterocycles. The van der Waals surface area contributed by atoms with Crippen molar-refractivity contribution in [3.05, 3.63) is 29.3 Å². The molecule has 1 amide bonds.